The van der Waals surface area contributed by atoms with Gasteiger partial charge >= 0.3 is 0 Å². The molecule has 0 radical (unpaired) electrons. The van der Waals surface area contributed by atoms with Crippen LogP contribution in [-0.2, 0) is 9.53 Å². The van der Waals surface area contributed by atoms with Crippen molar-refractivity contribution in [2.45, 2.75) is 26.3 Å². The largest absolute Gasteiger partial charge is 0.383 e. The lowest BCUT2D eigenvalue weighted by atomic mass is 10.3. The highest BCUT2D eigenvalue weighted by molar-refractivity contribution is 14.0. The Morgan fingerprint density at radius 1 is 1.43 bits per heavy atom. The van der Waals surface area contributed by atoms with Gasteiger partial charge < -0.3 is 20.7 Å². The van der Waals surface area contributed by atoms with Gasteiger partial charge in [-0.3, -0.25) is 9.79 Å². The number of hydrogen-bond acceptors (Lipinski definition) is 4. The second-order valence-corrected chi connectivity index (χ2v) is 5.02. The fourth-order valence-corrected chi connectivity index (χ4v) is 1.76. The molecule has 3 N–H and O–H groups in total. The summed E-state index contributed by atoms with van der Waals surface area (Å²) in [6.45, 7) is 5.01. The number of aromatic nitrogens is 1. The summed E-state index contributed by atoms with van der Waals surface area (Å²) < 4.78 is 5.05. The molecule has 1 rings (SSSR count). The van der Waals surface area contributed by atoms with Gasteiger partial charge in [0.1, 0.15) is 5.82 Å². The van der Waals surface area contributed by atoms with E-state index in [4.69, 9.17) is 4.74 Å². The molecule has 0 saturated carbocycles. The average Bonchev–Trinajstić information content (AvgIpc) is 2.49. The van der Waals surface area contributed by atoms with E-state index in [2.05, 4.69) is 25.9 Å². The smallest absolute Gasteiger partial charge is 0.227 e. The number of methoxy groups -OCH3 is 1. The highest BCUT2D eigenvalue weighted by Crippen LogP contribution is 2.03. The first kappa shape index (κ1) is 21.6. The van der Waals surface area contributed by atoms with Crippen LogP contribution < -0.4 is 16.0 Å². The molecule has 0 bridgehead atoms. The number of carbonyl (C=O) groups is 1. The predicted octanol–water partition coefficient (Wildman–Crippen LogP) is 1.54. The van der Waals surface area contributed by atoms with E-state index in [1.54, 1.807) is 26.4 Å². The van der Waals surface area contributed by atoms with Crippen LogP contribution in [0, 0.1) is 6.92 Å². The molecule has 0 fully saturated rings. The monoisotopic (exact) mass is 435 g/mol. The number of guanidine groups is 1. The fraction of sp³-hybridized carbons (Fsp3) is 0.533. The van der Waals surface area contributed by atoms with Gasteiger partial charge in [0, 0.05) is 39.4 Å². The number of ether oxygens (including phenoxy) is 1. The van der Waals surface area contributed by atoms with Crippen LogP contribution in [0.3, 0.4) is 0 Å². The van der Waals surface area contributed by atoms with E-state index in [1.165, 1.54) is 0 Å². The summed E-state index contributed by atoms with van der Waals surface area (Å²) in [4.78, 5) is 20.1. The molecular formula is C15H26IN5O2. The molecule has 1 aromatic heterocycles. The molecule has 1 unspecified atom stereocenters. The average molecular weight is 435 g/mol. The second-order valence-electron chi connectivity index (χ2n) is 5.02. The van der Waals surface area contributed by atoms with E-state index in [9.17, 15) is 4.79 Å². The van der Waals surface area contributed by atoms with Crippen LogP contribution in [0.5, 0.6) is 0 Å². The molecule has 1 amide bonds. The van der Waals surface area contributed by atoms with Crippen LogP contribution in [0.1, 0.15) is 18.9 Å². The maximum Gasteiger partial charge on any atom is 0.227 e. The number of aryl methyl sites for hydroxylation is 1. The van der Waals surface area contributed by atoms with Crippen molar-refractivity contribution in [3.8, 4) is 0 Å². The second kappa shape index (κ2) is 12.1. The zero-order valence-electron chi connectivity index (χ0n) is 14.0. The van der Waals surface area contributed by atoms with Crippen molar-refractivity contribution < 1.29 is 9.53 Å². The number of hydrogen-bond donors (Lipinski definition) is 3. The Bertz CT molecular complexity index is 493. The Morgan fingerprint density at radius 2 is 2.17 bits per heavy atom. The van der Waals surface area contributed by atoms with E-state index in [0.29, 0.717) is 31.3 Å². The van der Waals surface area contributed by atoms with E-state index in [-0.39, 0.29) is 35.9 Å². The maximum atomic E-state index is 11.8. The lowest BCUT2D eigenvalue weighted by molar-refractivity contribution is -0.116. The quantitative estimate of drug-likeness (QED) is 0.344. The minimum absolute atomic E-state index is 0. The molecule has 0 aliphatic rings. The highest BCUT2D eigenvalue weighted by atomic mass is 127. The minimum Gasteiger partial charge on any atom is -0.383 e. The van der Waals surface area contributed by atoms with Gasteiger partial charge in [0.25, 0.3) is 0 Å². The van der Waals surface area contributed by atoms with Crippen molar-refractivity contribution in [2.75, 3.05) is 32.6 Å². The Morgan fingerprint density at radius 3 is 2.74 bits per heavy atom. The standard InChI is InChI=1S/C15H25N5O2.HI/c1-11-5-6-13(18-9-11)20-14(21)7-8-17-15(16-3)19-12(2)10-22-4;/h5-6,9,12H,7-8,10H2,1-4H3,(H2,16,17,19)(H,18,20,21);1H. The summed E-state index contributed by atoms with van der Waals surface area (Å²) >= 11 is 0. The van der Waals surface area contributed by atoms with Crippen LogP contribution in [0.15, 0.2) is 23.3 Å². The van der Waals surface area contributed by atoms with Crippen LogP contribution in [0.4, 0.5) is 5.82 Å². The molecular weight excluding hydrogens is 409 g/mol. The highest BCUT2D eigenvalue weighted by Gasteiger charge is 2.06. The number of aliphatic imine (C=N–C) groups is 1. The third-order valence-corrected chi connectivity index (χ3v) is 2.85. The van der Waals surface area contributed by atoms with E-state index < -0.39 is 0 Å². The predicted molar refractivity (Wildman–Crippen MR) is 103 cm³/mol. The van der Waals surface area contributed by atoms with Gasteiger partial charge in [-0.2, -0.15) is 0 Å². The van der Waals surface area contributed by atoms with E-state index >= 15 is 0 Å². The first-order chi connectivity index (χ1) is 10.5. The third-order valence-electron chi connectivity index (χ3n) is 2.85. The van der Waals surface area contributed by atoms with Gasteiger partial charge in [0.15, 0.2) is 5.96 Å². The van der Waals surface area contributed by atoms with Gasteiger partial charge in [-0.15, -0.1) is 24.0 Å². The number of rotatable bonds is 7. The number of carbonyl (C=O) groups excluding carboxylic acids is 1. The van der Waals surface area contributed by atoms with Gasteiger partial charge in [0.2, 0.25) is 5.91 Å². The number of pyridine rings is 1. The summed E-state index contributed by atoms with van der Waals surface area (Å²) in [6, 6.07) is 3.83. The van der Waals surface area contributed by atoms with Crippen molar-refractivity contribution in [1.29, 1.82) is 0 Å². The lowest BCUT2D eigenvalue weighted by Crippen LogP contribution is -2.44. The van der Waals surface area contributed by atoms with Crippen LogP contribution in [0.25, 0.3) is 0 Å². The molecule has 0 aliphatic heterocycles. The molecule has 130 valence electrons. The Kier molecular flexibility index (Phi) is 11.3. The molecule has 0 aliphatic carbocycles. The van der Waals surface area contributed by atoms with Crippen molar-refractivity contribution in [1.82, 2.24) is 15.6 Å². The van der Waals surface area contributed by atoms with Crippen molar-refractivity contribution in [3.63, 3.8) is 0 Å². The molecule has 1 atom stereocenters. The summed E-state index contributed by atoms with van der Waals surface area (Å²) in [5.41, 5.74) is 1.06. The zero-order chi connectivity index (χ0) is 16.4. The summed E-state index contributed by atoms with van der Waals surface area (Å²) in [7, 11) is 3.34. The Labute approximate surface area is 154 Å². The molecule has 1 heterocycles. The number of halogens is 1. The maximum absolute atomic E-state index is 11.8. The SMILES string of the molecule is CN=C(NCCC(=O)Nc1ccc(C)cn1)NC(C)COC.I. The van der Waals surface area contributed by atoms with Crippen LogP contribution in [-0.4, -0.2) is 50.2 Å². The molecule has 8 heteroatoms. The lowest BCUT2D eigenvalue weighted by Gasteiger charge is -2.17. The van der Waals surface area contributed by atoms with Gasteiger partial charge in [0.05, 0.1) is 6.61 Å². The number of nitrogens with zero attached hydrogens (tertiary/aromatic N) is 2. The number of nitrogens with one attached hydrogen (secondary N) is 3. The van der Waals surface area contributed by atoms with E-state index in [0.717, 1.165) is 5.56 Å². The zero-order valence-corrected chi connectivity index (χ0v) is 16.4. The molecule has 0 aromatic carbocycles. The number of amides is 1. The minimum atomic E-state index is -0.0933. The van der Waals surface area contributed by atoms with Gasteiger partial charge in [-0.05, 0) is 25.5 Å². The van der Waals surface area contributed by atoms with E-state index in [1.807, 2.05) is 19.9 Å². The molecule has 0 spiro atoms. The van der Waals surface area contributed by atoms with Crippen molar-refractivity contribution in [2.24, 2.45) is 4.99 Å². The molecule has 0 saturated heterocycles. The molecule has 23 heavy (non-hydrogen) atoms. The third kappa shape index (κ3) is 9.34. The topological polar surface area (TPSA) is 87.6 Å². The molecule has 7 nitrogen and oxygen atoms in total. The molecule has 1 aromatic rings. The Balaban J connectivity index is 0.00000484. The van der Waals surface area contributed by atoms with Gasteiger partial charge in [-0.25, -0.2) is 4.98 Å². The summed E-state index contributed by atoms with van der Waals surface area (Å²) in [6.07, 6.45) is 2.05. The van der Waals surface area contributed by atoms with Crippen molar-refractivity contribution >= 4 is 41.7 Å². The summed E-state index contributed by atoms with van der Waals surface area (Å²) in [5, 5.41) is 9.01. The van der Waals surface area contributed by atoms with Crippen LogP contribution >= 0.6 is 24.0 Å². The normalized spacial score (nSPS) is 12.1. The van der Waals surface area contributed by atoms with Crippen LogP contribution in [0.2, 0.25) is 0 Å². The first-order valence-corrected chi connectivity index (χ1v) is 7.23. The Hall–Kier alpha value is -1.42. The van der Waals surface area contributed by atoms with Crippen molar-refractivity contribution in [3.05, 3.63) is 23.9 Å². The number of anilines is 1. The van der Waals surface area contributed by atoms with Gasteiger partial charge in [-0.1, -0.05) is 6.07 Å². The summed E-state index contributed by atoms with van der Waals surface area (Å²) in [5.74, 6) is 1.11. The fourth-order valence-electron chi connectivity index (χ4n) is 1.76. The first-order valence-electron chi connectivity index (χ1n) is 7.23.